The molecule has 0 radical (unpaired) electrons. The molecular weight excluding hydrogens is 816 g/mol. The lowest BCUT2D eigenvalue weighted by molar-refractivity contribution is -0.117. The van der Waals surface area contributed by atoms with Crippen LogP contribution in [0.1, 0.15) is 88.6 Å². The van der Waals surface area contributed by atoms with E-state index in [0.717, 1.165) is 84.1 Å². The Hall–Kier alpha value is -3.92. The van der Waals surface area contributed by atoms with Crippen LogP contribution < -0.4 is 16.0 Å². The Balaban J connectivity index is 0.000000216. The van der Waals surface area contributed by atoms with E-state index in [0.29, 0.717) is 32.4 Å². The smallest absolute Gasteiger partial charge is 0.410 e. The molecule has 3 amide bonds. The number of nitrogens with one attached hydrogen (secondary N) is 3. The average molecular weight is 868 g/mol. The Bertz CT molecular complexity index is 2290. The van der Waals surface area contributed by atoms with E-state index in [-0.39, 0.29) is 37.7 Å². The molecule has 0 saturated carbocycles. The van der Waals surface area contributed by atoms with Gasteiger partial charge in [-0.25, -0.2) is 14.8 Å². The molecule has 6 aromatic rings. The van der Waals surface area contributed by atoms with Gasteiger partial charge in [0.1, 0.15) is 25.6 Å². The lowest BCUT2D eigenvalue weighted by Crippen LogP contribution is -2.39. The predicted octanol–water partition coefficient (Wildman–Crippen LogP) is 11.5. The summed E-state index contributed by atoms with van der Waals surface area (Å²) in [5, 5.41) is 13.4. The summed E-state index contributed by atoms with van der Waals surface area (Å²) >= 11 is 6.58. The van der Waals surface area contributed by atoms with Gasteiger partial charge in [-0.05, 0) is 88.4 Å². The van der Waals surface area contributed by atoms with E-state index in [1.807, 2.05) is 71.0 Å². The van der Waals surface area contributed by atoms with Gasteiger partial charge in [0.25, 0.3) is 0 Å². The fourth-order valence-corrected chi connectivity index (χ4v) is 11.4. The first-order valence-corrected chi connectivity index (χ1v) is 22.1. The first kappa shape index (κ1) is 44.2. The number of ether oxygens (including phenoxy) is 1. The van der Waals surface area contributed by atoms with Gasteiger partial charge in [0.2, 0.25) is 11.8 Å². The molecule has 6 heterocycles. The van der Waals surface area contributed by atoms with Crippen LogP contribution in [0.5, 0.6) is 0 Å². The van der Waals surface area contributed by atoms with E-state index in [2.05, 4.69) is 28.1 Å². The van der Waals surface area contributed by atoms with Gasteiger partial charge in [0.15, 0.2) is 0 Å². The number of anilines is 2. The van der Waals surface area contributed by atoms with Crippen LogP contribution in [0, 0.1) is 0 Å². The van der Waals surface area contributed by atoms with Crippen molar-refractivity contribution < 1.29 is 19.1 Å². The van der Waals surface area contributed by atoms with Gasteiger partial charge in [-0.2, -0.15) is 0 Å². The van der Waals surface area contributed by atoms with Crippen molar-refractivity contribution in [3.63, 3.8) is 0 Å². The highest BCUT2D eigenvalue weighted by atomic mass is 35.5. The van der Waals surface area contributed by atoms with Gasteiger partial charge >= 0.3 is 6.09 Å². The fraction of sp³-hybridized carbons (Fsp3) is 0.405. The van der Waals surface area contributed by atoms with Crippen LogP contribution in [0.3, 0.4) is 0 Å². The highest BCUT2D eigenvalue weighted by Crippen LogP contribution is 2.47. The van der Waals surface area contributed by atoms with Crippen molar-refractivity contribution in [3.05, 3.63) is 69.4 Å². The van der Waals surface area contributed by atoms with E-state index >= 15 is 0 Å². The SMILES string of the molecule is C.CCCC(=O)Nc1sc2c(c1-c1nc3ccccc3s1)CCN(C(=O)OC(C)(C)C)C2.CCCC(=O)Nc1sc2c(c1-c1nc3ccccc3s1)CCNC2.Cl. The number of benzene rings is 2. The molecular formula is C42H51ClN6O4S4. The monoisotopic (exact) mass is 866 g/mol. The summed E-state index contributed by atoms with van der Waals surface area (Å²) in [6.45, 7) is 12.6. The van der Waals surface area contributed by atoms with Crippen molar-refractivity contribution in [1.29, 1.82) is 0 Å². The van der Waals surface area contributed by atoms with Gasteiger partial charge in [-0.1, -0.05) is 45.5 Å². The predicted molar refractivity (Wildman–Crippen MR) is 243 cm³/mol. The summed E-state index contributed by atoms with van der Waals surface area (Å²) in [4.78, 5) is 51.0. The van der Waals surface area contributed by atoms with Gasteiger partial charge in [-0.3, -0.25) is 9.59 Å². The summed E-state index contributed by atoms with van der Waals surface area (Å²) in [7, 11) is 0. The van der Waals surface area contributed by atoms with Crippen LogP contribution in [0.4, 0.5) is 14.8 Å². The van der Waals surface area contributed by atoms with Gasteiger partial charge in [-0.15, -0.1) is 57.8 Å². The molecule has 2 aliphatic rings. The number of halogens is 1. The zero-order valence-corrected chi connectivity index (χ0v) is 36.3. The molecule has 10 nitrogen and oxygen atoms in total. The van der Waals surface area contributed by atoms with Gasteiger partial charge in [0, 0.05) is 46.8 Å². The third kappa shape index (κ3) is 10.2. The second-order valence-electron chi connectivity index (χ2n) is 14.6. The van der Waals surface area contributed by atoms with Crippen LogP contribution in [-0.2, 0) is 40.3 Å². The first-order valence-electron chi connectivity index (χ1n) is 18.8. The molecule has 0 bridgehead atoms. The summed E-state index contributed by atoms with van der Waals surface area (Å²) in [5.41, 5.74) is 6.13. The van der Waals surface area contributed by atoms with Crippen molar-refractivity contribution in [3.8, 4) is 21.1 Å². The summed E-state index contributed by atoms with van der Waals surface area (Å²) in [6, 6.07) is 16.3. The molecule has 0 unspecified atom stereocenters. The van der Waals surface area contributed by atoms with E-state index < -0.39 is 5.60 Å². The summed E-state index contributed by atoms with van der Waals surface area (Å²) in [6.07, 6.45) is 4.08. The number of nitrogens with zero attached hydrogens (tertiary/aromatic N) is 3. The number of hydrogen-bond acceptors (Lipinski definition) is 11. The zero-order chi connectivity index (χ0) is 38.7. The second-order valence-corrected chi connectivity index (χ2v) is 18.8. The highest BCUT2D eigenvalue weighted by Gasteiger charge is 2.31. The second kappa shape index (κ2) is 19.2. The quantitative estimate of drug-likeness (QED) is 0.139. The molecule has 0 saturated heterocycles. The summed E-state index contributed by atoms with van der Waals surface area (Å²) < 4.78 is 7.87. The van der Waals surface area contributed by atoms with Gasteiger partial charge < -0.3 is 25.6 Å². The first-order chi connectivity index (χ1) is 26.5. The lowest BCUT2D eigenvalue weighted by Gasteiger charge is -2.30. The number of rotatable bonds is 8. The molecule has 57 heavy (non-hydrogen) atoms. The van der Waals surface area contributed by atoms with Crippen LogP contribution >= 0.6 is 57.8 Å². The van der Waals surface area contributed by atoms with E-state index in [9.17, 15) is 14.4 Å². The minimum absolute atomic E-state index is 0. The third-order valence-electron chi connectivity index (χ3n) is 9.11. The van der Waals surface area contributed by atoms with E-state index in [1.165, 1.54) is 20.7 Å². The van der Waals surface area contributed by atoms with Crippen molar-refractivity contribution in [2.45, 2.75) is 99.3 Å². The number of amides is 3. The molecule has 0 fully saturated rings. The number of carbonyl (C=O) groups excluding carboxylic acids is 3. The largest absolute Gasteiger partial charge is 0.444 e. The normalized spacial score (nSPS) is 13.4. The minimum Gasteiger partial charge on any atom is -0.444 e. The Morgan fingerprint density at radius 3 is 1.79 bits per heavy atom. The number of fused-ring (bicyclic) bond motifs is 4. The third-order valence-corrected chi connectivity index (χ3v) is 13.5. The topological polar surface area (TPSA) is 126 Å². The molecule has 8 rings (SSSR count). The van der Waals surface area contributed by atoms with Crippen molar-refractivity contribution >= 4 is 106 Å². The van der Waals surface area contributed by atoms with Crippen molar-refractivity contribution in [1.82, 2.24) is 20.2 Å². The number of carbonyl (C=O) groups is 3. The molecule has 3 N–H and O–H groups in total. The van der Waals surface area contributed by atoms with Crippen LogP contribution in [0.25, 0.3) is 41.6 Å². The van der Waals surface area contributed by atoms with Crippen molar-refractivity contribution in [2.24, 2.45) is 0 Å². The average Bonchev–Trinajstić information content (AvgIpc) is 3.92. The van der Waals surface area contributed by atoms with Crippen molar-refractivity contribution in [2.75, 3.05) is 23.7 Å². The fourth-order valence-electron chi connectivity index (χ4n) is 6.64. The molecule has 0 spiro atoms. The molecule has 304 valence electrons. The number of thiazole rings is 2. The maximum Gasteiger partial charge on any atom is 0.410 e. The maximum absolute atomic E-state index is 12.6. The zero-order valence-electron chi connectivity index (χ0n) is 32.2. The standard InChI is InChI=1S/C23H27N3O3S2.C18H19N3OS2.CH4.ClH/c1-5-8-18(27)25-21-19(20-24-15-9-6-7-10-16(15)30-20)14-11-12-26(13-17(14)31-21)22(28)29-23(2,3)4;1-2-5-15(22)21-18-16(11-8-9-19-10-14(11)24-18)17-20-12-6-3-4-7-13(12)23-17;;/h6-7,9-10H,5,8,11-13H2,1-4H3,(H,25,27);3-4,6-7,19H,2,5,8-10H2,1H3,(H,21,22);1H4;1H. The van der Waals surface area contributed by atoms with Crippen LogP contribution in [0.15, 0.2) is 48.5 Å². The van der Waals surface area contributed by atoms with Crippen LogP contribution in [0.2, 0.25) is 0 Å². The van der Waals surface area contributed by atoms with Gasteiger partial charge in [0.05, 0.1) is 27.0 Å². The number of aromatic nitrogens is 2. The van der Waals surface area contributed by atoms with E-state index in [1.54, 1.807) is 50.2 Å². The Kier molecular flexibility index (Phi) is 14.9. The minimum atomic E-state index is -0.530. The molecule has 2 aliphatic heterocycles. The maximum atomic E-state index is 12.6. The highest BCUT2D eigenvalue weighted by molar-refractivity contribution is 7.23. The Morgan fingerprint density at radius 2 is 1.28 bits per heavy atom. The number of para-hydroxylation sites is 2. The molecule has 0 atom stereocenters. The molecule has 4 aromatic heterocycles. The Labute approximate surface area is 356 Å². The number of thiophene rings is 2. The lowest BCUT2D eigenvalue weighted by atomic mass is 10.0. The summed E-state index contributed by atoms with van der Waals surface area (Å²) in [5.74, 6) is 0.0962. The van der Waals surface area contributed by atoms with E-state index in [4.69, 9.17) is 14.7 Å². The van der Waals surface area contributed by atoms with Crippen LogP contribution in [-0.4, -0.2) is 51.5 Å². The Morgan fingerprint density at radius 1 is 0.772 bits per heavy atom. The molecule has 0 aliphatic carbocycles. The molecule has 2 aromatic carbocycles. The number of hydrogen-bond donors (Lipinski definition) is 3. The molecule has 15 heteroatoms.